The maximum absolute atomic E-state index is 14.1. The SMILES string of the molecule is Fc1ccccc1-c1nc(Cl)c2c(n1)CN(Cc1ccccc1)CC2. The predicted octanol–water partition coefficient (Wildman–Crippen LogP) is 4.49. The van der Waals surface area contributed by atoms with Crippen molar-refractivity contribution >= 4 is 11.6 Å². The van der Waals surface area contributed by atoms with Gasteiger partial charge in [0, 0.05) is 25.2 Å². The van der Waals surface area contributed by atoms with Crippen molar-refractivity contribution in [2.45, 2.75) is 19.5 Å². The van der Waals surface area contributed by atoms with Crippen molar-refractivity contribution in [3.05, 3.63) is 82.4 Å². The van der Waals surface area contributed by atoms with Gasteiger partial charge in [0.25, 0.3) is 0 Å². The van der Waals surface area contributed by atoms with E-state index in [4.69, 9.17) is 11.6 Å². The van der Waals surface area contributed by atoms with E-state index in [1.54, 1.807) is 18.2 Å². The van der Waals surface area contributed by atoms with E-state index >= 15 is 0 Å². The van der Waals surface area contributed by atoms with Crippen LogP contribution in [0.2, 0.25) is 5.15 Å². The first-order valence-electron chi connectivity index (χ1n) is 8.27. The highest BCUT2D eigenvalue weighted by Crippen LogP contribution is 2.28. The molecule has 2 heterocycles. The average molecular weight is 354 g/mol. The number of aromatic nitrogens is 2. The van der Waals surface area contributed by atoms with Crippen molar-refractivity contribution in [1.82, 2.24) is 14.9 Å². The third-order valence-electron chi connectivity index (χ3n) is 4.46. The molecule has 1 aromatic heterocycles. The Kier molecular flexibility index (Phi) is 4.47. The molecule has 0 radical (unpaired) electrons. The smallest absolute Gasteiger partial charge is 0.164 e. The third kappa shape index (κ3) is 3.41. The highest BCUT2D eigenvalue weighted by molar-refractivity contribution is 6.30. The quantitative estimate of drug-likeness (QED) is 0.649. The molecule has 0 fully saturated rings. The van der Waals surface area contributed by atoms with E-state index in [0.717, 1.165) is 30.8 Å². The molecule has 0 bridgehead atoms. The Hall–Kier alpha value is -2.30. The zero-order valence-corrected chi connectivity index (χ0v) is 14.4. The summed E-state index contributed by atoms with van der Waals surface area (Å²) < 4.78 is 14.1. The van der Waals surface area contributed by atoms with Gasteiger partial charge in [-0.1, -0.05) is 54.1 Å². The molecule has 25 heavy (non-hydrogen) atoms. The predicted molar refractivity (Wildman–Crippen MR) is 96.7 cm³/mol. The van der Waals surface area contributed by atoms with Crippen LogP contribution in [0.25, 0.3) is 11.4 Å². The van der Waals surface area contributed by atoms with E-state index in [0.29, 0.717) is 23.1 Å². The molecule has 0 spiro atoms. The van der Waals surface area contributed by atoms with Crippen molar-refractivity contribution in [1.29, 1.82) is 0 Å². The Balaban J connectivity index is 1.64. The third-order valence-corrected chi connectivity index (χ3v) is 4.77. The number of rotatable bonds is 3. The molecule has 0 atom stereocenters. The Morgan fingerprint density at radius 3 is 2.56 bits per heavy atom. The van der Waals surface area contributed by atoms with E-state index in [1.807, 2.05) is 18.2 Å². The van der Waals surface area contributed by atoms with Crippen LogP contribution in [-0.2, 0) is 19.5 Å². The fourth-order valence-electron chi connectivity index (χ4n) is 3.18. The number of nitrogens with zero attached hydrogens (tertiary/aromatic N) is 3. The van der Waals surface area contributed by atoms with Gasteiger partial charge in [0.2, 0.25) is 0 Å². The van der Waals surface area contributed by atoms with Crippen molar-refractivity contribution in [3.63, 3.8) is 0 Å². The summed E-state index contributed by atoms with van der Waals surface area (Å²) in [6.45, 7) is 2.45. The highest BCUT2D eigenvalue weighted by atomic mass is 35.5. The summed E-state index contributed by atoms with van der Waals surface area (Å²) in [5.74, 6) is 0.0129. The first-order chi connectivity index (χ1) is 12.2. The van der Waals surface area contributed by atoms with Crippen LogP contribution in [0.4, 0.5) is 4.39 Å². The van der Waals surface area contributed by atoms with E-state index in [2.05, 4.69) is 27.0 Å². The standard InChI is InChI=1S/C20H17ClFN3/c21-19-16-10-11-25(12-14-6-2-1-3-7-14)13-18(16)23-20(24-19)15-8-4-5-9-17(15)22/h1-9H,10-13H2. The van der Waals surface area contributed by atoms with E-state index in [-0.39, 0.29) is 5.82 Å². The minimum atomic E-state index is -0.338. The van der Waals surface area contributed by atoms with Crippen molar-refractivity contribution in [2.24, 2.45) is 0 Å². The molecule has 0 aliphatic carbocycles. The second-order valence-corrected chi connectivity index (χ2v) is 6.55. The topological polar surface area (TPSA) is 29.0 Å². The number of hydrogen-bond acceptors (Lipinski definition) is 3. The molecule has 126 valence electrons. The fourth-order valence-corrected chi connectivity index (χ4v) is 3.46. The Morgan fingerprint density at radius 1 is 1.00 bits per heavy atom. The van der Waals surface area contributed by atoms with Crippen LogP contribution in [0.1, 0.15) is 16.8 Å². The summed E-state index contributed by atoms with van der Waals surface area (Å²) in [5, 5.41) is 0.433. The molecule has 4 rings (SSSR count). The summed E-state index contributed by atoms with van der Waals surface area (Å²) in [6, 6.07) is 16.9. The van der Waals surface area contributed by atoms with E-state index < -0.39 is 0 Å². The van der Waals surface area contributed by atoms with Crippen LogP contribution in [-0.4, -0.2) is 21.4 Å². The monoisotopic (exact) mass is 353 g/mol. The molecule has 3 nitrogen and oxygen atoms in total. The van der Waals surface area contributed by atoms with Crippen LogP contribution in [0.5, 0.6) is 0 Å². The van der Waals surface area contributed by atoms with Crippen LogP contribution >= 0.6 is 11.6 Å². The normalized spacial score (nSPS) is 14.3. The van der Waals surface area contributed by atoms with Gasteiger partial charge in [0.1, 0.15) is 11.0 Å². The van der Waals surface area contributed by atoms with Gasteiger partial charge >= 0.3 is 0 Å². The van der Waals surface area contributed by atoms with Crippen LogP contribution < -0.4 is 0 Å². The summed E-state index contributed by atoms with van der Waals surface area (Å²) >= 11 is 6.37. The number of hydrogen-bond donors (Lipinski definition) is 0. The lowest BCUT2D eigenvalue weighted by atomic mass is 10.1. The Morgan fingerprint density at radius 2 is 1.76 bits per heavy atom. The van der Waals surface area contributed by atoms with Gasteiger partial charge in [0.15, 0.2) is 5.82 Å². The molecular formula is C20H17ClFN3. The molecule has 0 saturated heterocycles. The Bertz CT molecular complexity index is 899. The molecule has 0 saturated carbocycles. The highest BCUT2D eigenvalue weighted by Gasteiger charge is 2.22. The van der Waals surface area contributed by atoms with Gasteiger partial charge in [-0.05, 0) is 24.1 Å². The molecule has 0 unspecified atom stereocenters. The summed E-state index contributed by atoms with van der Waals surface area (Å²) in [5.41, 5.74) is 3.51. The molecule has 0 amide bonds. The lowest BCUT2D eigenvalue weighted by Gasteiger charge is -2.28. The zero-order chi connectivity index (χ0) is 17.2. The van der Waals surface area contributed by atoms with Crippen LogP contribution in [0.3, 0.4) is 0 Å². The fraction of sp³-hybridized carbons (Fsp3) is 0.200. The summed E-state index contributed by atoms with van der Waals surface area (Å²) in [4.78, 5) is 11.3. The number of benzene rings is 2. The van der Waals surface area contributed by atoms with Gasteiger partial charge in [-0.3, -0.25) is 4.90 Å². The van der Waals surface area contributed by atoms with E-state index in [1.165, 1.54) is 11.6 Å². The molecule has 0 N–H and O–H groups in total. The van der Waals surface area contributed by atoms with Gasteiger partial charge in [-0.15, -0.1) is 0 Å². The van der Waals surface area contributed by atoms with Gasteiger partial charge < -0.3 is 0 Å². The number of fused-ring (bicyclic) bond motifs is 1. The average Bonchev–Trinajstić information content (AvgIpc) is 2.62. The lowest BCUT2D eigenvalue weighted by Crippen LogP contribution is -2.31. The van der Waals surface area contributed by atoms with Crippen molar-refractivity contribution < 1.29 is 4.39 Å². The van der Waals surface area contributed by atoms with Gasteiger partial charge in [0.05, 0.1) is 11.3 Å². The van der Waals surface area contributed by atoms with Crippen LogP contribution in [0, 0.1) is 5.82 Å². The van der Waals surface area contributed by atoms with E-state index in [9.17, 15) is 4.39 Å². The molecule has 1 aliphatic heterocycles. The minimum absolute atomic E-state index is 0.338. The van der Waals surface area contributed by atoms with Crippen molar-refractivity contribution in [2.75, 3.05) is 6.54 Å². The summed E-state index contributed by atoms with van der Waals surface area (Å²) in [7, 11) is 0. The molecular weight excluding hydrogens is 337 g/mol. The van der Waals surface area contributed by atoms with Gasteiger partial charge in [-0.2, -0.15) is 0 Å². The molecule has 5 heteroatoms. The van der Waals surface area contributed by atoms with Gasteiger partial charge in [-0.25, -0.2) is 14.4 Å². The Labute approximate surface area is 151 Å². The maximum Gasteiger partial charge on any atom is 0.164 e. The lowest BCUT2D eigenvalue weighted by molar-refractivity contribution is 0.241. The number of halogens is 2. The first-order valence-corrected chi connectivity index (χ1v) is 8.65. The van der Waals surface area contributed by atoms with Crippen LogP contribution in [0.15, 0.2) is 54.6 Å². The molecule has 3 aromatic rings. The molecule has 1 aliphatic rings. The molecule has 2 aromatic carbocycles. The second-order valence-electron chi connectivity index (χ2n) is 6.19. The van der Waals surface area contributed by atoms with Crippen molar-refractivity contribution in [3.8, 4) is 11.4 Å². The zero-order valence-electron chi connectivity index (χ0n) is 13.6. The largest absolute Gasteiger partial charge is 0.293 e. The summed E-state index contributed by atoms with van der Waals surface area (Å²) in [6.07, 6.45) is 0.804. The second kappa shape index (κ2) is 6.90. The maximum atomic E-state index is 14.1. The first kappa shape index (κ1) is 16.2. The minimum Gasteiger partial charge on any atom is -0.293 e.